The van der Waals surface area contributed by atoms with Gasteiger partial charge in [0, 0.05) is 11.3 Å². The molecule has 0 atom stereocenters. The monoisotopic (exact) mass is 138 g/mol. The maximum Gasteiger partial charge on any atom is 0.0914 e. The van der Waals surface area contributed by atoms with Crippen LogP contribution in [0.25, 0.3) is 0 Å². The van der Waals surface area contributed by atoms with Gasteiger partial charge >= 0.3 is 0 Å². The molecular formula is C7H10N2O. The lowest BCUT2D eigenvalue weighted by Gasteiger charge is -2.10. The Bertz CT molecular complexity index is 242. The van der Waals surface area contributed by atoms with E-state index >= 15 is 0 Å². The van der Waals surface area contributed by atoms with Crippen LogP contribution in [-0.2, 0) is 17.8 Å². The van der Waals surface area contributed by atoms with E-state index in [0.29, 0.717) is 6.61 Å². The van der Waals surface area contributed by atoms with Crippen molar-refractivity contribution in [1.82, 2.24) is 10.2 Å². The molecule has 0 saturated heterocycles. The molecule has 3 nitrogen and oxygen atoms in total. The van der Waals surface area contributed by atoms with Gasteiger partial charge in [0.2, 0.25) is 0 Å². The van der Waals surface area contributed by atoms with Crippen molar-refractivity contribution in [2.45, 2.75) is 20.0 Å². The minimum absolute atomic E-state index is 0.680. The first kappa shape index (κ1) is 5.92. The molecule has 1 aliphatic rings. The Morgan fingerprint density at radius 2 is 2.50 bits per heavy atom. The third-order valence-electron chi connectivity index (χ3n) is 1.89. The zero-order valence-electron chi connectivity index (χ0n) is 5.98. The largest absolute Gasteiger partial charge is 0.375 e. The zero-order chi connectivity index (χ0) is 6.97. The van der Waals surface area contributed by atoms with Crippen molar-refractivity contribution in [2.24, 2.45) is 0 Å². The quantitative estimate of drug-likeness (QED) is 0.575. The van der Waals surface area contributed by atoms with Crippen LogP contribution in [0, 0.1) is 6.92 Å². The average Bonchev–Trinajstić information content (AvgIpc) is 2.34. The van der Waals surface area contributed by atoms with Gasteiger partial charge in [-0.25, -0.2) is 0 Å². The Labute approximate surface area is 59.4 Å². The Kier molecular flexibility index (Phi) is 1.24. The number of rotatable bonds is 0. The third-order valence-corrected chi connectivity index (χ3v) is 1.89. The van der Waals surface area contributed by atoms with E-state index in [4.69, 9.17) is 4.74 Å². The highest BCUT2D eigenvalue weighted by molar-refractivity contribution is 5.25. The topological polar surface area (TPSA) is 37.9 Å². The zero-order valence-corrected chi connectivity index (χ0v) is 5.98. The van der Waals surface area contributed by atoms with Crippen LogP contribution >= 0.6 is 0 Å². The van der Waals surface area contributed by atoms with Crippen LogP contribution in [-0.4, -0.2) is 16.8 Å². The van der Waals surface area contributed by atoms with Crippen molar-refractivity contribution < 1.29 is 4.74 Å². The molecule has 1 aliphatic heterocycles. The number of nitrogens with zero attached hydrogens (tertiary/aromatic N) is 1. The molecule has 1 aromatic rings. The highest BCUT2D eigenvalue weighted by Gasteiger charge is 2.13. The van der Waals surface area contributed by atoms with E-state index < -0.39 is 0 Å². The lowest BCUT2D eigenvalue weighted by molar-refractivity contribution is 0.108. The Balaban J connectivity index is 2.45. The first-order valence-corrected chi connectivity index (χ1v) is 3.48. The molecule has 0 fully saturated rings. The van der Waals surface area contributed by atoms with E-state index in [-0.39, 0.29) is 0 Å². The summed E-state index contributed by atoms with van der Waals surface area (Å²) in [5.41, 5.74) is 3.63. The summed E-state index contributed by atoms with van der Waals surface area (Å²) in [7, 11) is 0. The average molecular weight is 138 g/mol. The molecule has 0 aromatic carbocycles. The van der Waals surface area contributed by atoms with E-state index in [1.165, 1.54) is 11.3 Å². The van der Waals surface area contributed by atoms with E-state index in [1.807, 2.05) is 0 Å². The molecule has 1 aromatic heterocycles. The minimum atomic E-state index is 0.680. The summed E-state index contributed by atoms with van der Waals surface area (Å²) in [6.45, 7) is 3.57. The van der Waals surface area contributed by atoms with Crippen molar-refractivity contribution in [2.75, 3.05) is 6.61 Å². The fourth-order valence-electron chi connectivity index (χ4n) is 1.30. The van der Waals surface area contributed by atoms with Crippen molar-refractivity contribution >= 4 is 0 Å². The third kappa shape index (κ3) is 0.743. The second-order valence-corrected chi connectivity index (χ2v) is 2.58. The van der Waals surface area contributed by atoms with E-state index in [2.05, 4.69) is 17.1 Å². The summed E-state index contributed by atoms with van der Waals surface area (Å²) in [6, 6.07) is 0. The predicted octanol–water partition coefficient (Wildman–Crippen LogP) is 0.791. The molecular weight excluding hydrogens is 128 g/mol. The summed E-state index contributed by atoms with van der Waals surface area (Å²) in [5.74, 6) is 0. The number of aromatic nitrogens is 2. The molecule has 0 spiro atoms. The van der Waals surface area contributed by atoms with Crippen LogP contribution in [0.1, 0.15) is 17.0 Å². The first-order valence-electron chi connectivity index (χ1n) is 3.48. The van der Waals surface area contributed by atoms with Crippen molar-refractivity contribution in [3.8, 4) is 0 Å². The maximum atomic E-state index is 5.23. The number of hydrogen-bond acceptors (Lipinski definition) is 2. The molecule has 0 bridgehead atoms. The lowest BCUT2D eigenvalue weighted by atomic mass is 10.1. The summed E-state index contributed by atoms with van der Waals surface area (Å²) in [6.07, 6.45) is 1.01. The second kappa shape index (κ2) is 2.09. The number of nitrogens with one attached hydrogen (secondary N) is 1. The highest BCUT2D eigenvalue weighted by atomic mass is 16.5. The van der Waals surface area contributed by atoms with Crippen LogP contribution < -0.4 is 0 Å². The van der Waals surface area contributed by atoms with Crippen LogP contribution in [0.3, 0.4) is 0 Å². The number of ether oxygens (including phenoxy) is 1. The smallest absolute Gasteiger partial charge is 0.0914 e. The Morgan fingerprint density at radius 1 is 1.60 bits per heavy atom. The molecule has 0 unspecified atom stereocenters. The molecule has 0 amide bonds. The van der Waals surface area contributed by atoms with Gasteiger partial charge in [-0.05, 0) is 13.3 Å². The molecule has 10 heavy (non-hydrogen) atoms. The van der Waals surface area contributed by atoms with Gasteiger partial charge < -0.3 is 4.74 Å². The van der Waals surface area contributed by atoms with Crippen molar-refractivity contribution in [3.05, 3.63) is 17.0 Å². The molecule has 0 radical (unpaired) electrons. The number of aromatic amines is 1. The lowest BCUT2D eigenvalue weighted by Crippen LogP contribution is -2.08. The van der Waals surface area contributed by atoms with Crippen molar-refractivity contribution in [1.29, 1.82) is 0 Å². The van der Waals surface area contributed by atoms with Gasteiger partial charge in [0.05, 0.1) is 18.9 Å². The van der Waals surface area contributed by atoms with E-state index in [1.54, 1.807) is 0 Å². The number of aryl methyl sites for hydroxylation is 1. The van der Waals surface area contributed by atoms with Crippen LogP contribution in [0.4, 0.5) is 0 Å². The predicted molar refractivity (Wildman–Crippen MR) is 36.7 cm³/mol. The Hall–Kier alpha value is -0.830. The van der Waals surface area contributed by atoms with Gasteiger partial charge in [-0.15, -0.1) is 0 Å². The van der Waals surface area contributed by atoms with E-state index in [9.17, 15) is 0 Å². The van der Waals surface area contributed by atoms with Crippen LogP contribution in [0.5, 0.6) is 0 Å². The van der Waals surface area contributed by atoms with E-state index in [0.717, 1.165) is 18.7 Å². The first-order chi connectivity index (χ1) is 4.88. The van der Waals surface area contributed by atoms with Crippen LogP contribution in [0.2, 0.25) is 0 Å². The normalized spacial score (nSPS) is 16.9. The van der Waals surface area contributed by atoms with Gasteiger partial charge in [-0.1, -0.05) is 0 Å². The fourth-order valence-corrected chi connectivity index (χ4v) is 1.30. The standard InChI is InChI=1S/C7H10N2O/c1-5-6-2-3-10-4-7(6)9-8-5/h2-4H2,1H3,(H,8,9). The van der Waals surface area contributed by atoms with Gasteiger partial charge in [-0.2, -0.15) is 5.10 Å². The summed E-state index contributed by atoms with van der Waals surface area (Å²) in [4.78, 5) is 0. The number of hydrogen-bond donors (Lipinski definition) is 1. The molecule has 0 saturated carbocycles. The molecule has 2 rings (SSSR count). The summed E-state index contributed by atoms with van der Waals surface area (Å²) >= 11 is 0. The minimum Gasteiger partial charge on any atom is -0.375 e. The highest BCUT2D eigenvalue weighted by Crippen LogP contribution is 2.16. The molecule has 1 N–H and O–H groups in total. The van der Waals surface area contributed by atoms with Crippen LogP contribution in [0.15, 0.2) is 0 Å². The summed E-state index contributed by atoms with van der Waals surface area (Å²) in [5, 5.41) is 7.06. The molecule has 3 heteroatoms. The fraction of sp³-hybridized carbons (Fsp3) is 0.571. The summed E-state index contributed by atoms with van der Waals surface area (Å²) < 4.78 is 5.23. The number of H-pyrrole nitrogens is 1. The molecule has 54 valence electrons. The number of fused-ring (bicyclic) bond motifs is 1. The van der Waals surface area contributed by atoms with Gasteiger partial charge in [0.1, 0.15) is 0 Å². The van der Waals surface area contributed by atoms with Crippen molar-refractivity contribution in [3.63, 3.8) is 0 Å². The Morgan fingerprint density at radius 3 is 3.30 bits per heavy atom. The SMILES string of the molecule is Cc1[nH]nc2c1CCOC2. The molecule has 0 aliphatic carbocycles. The van der Waals surface area contributed by atoms with Gasteiger partial charge in [0.15, 0.2) is 0 Å². The van der Waals surface area contributed by atoms with Gasteiger partial charge in [-0.3, -0.25) is 5.10 Å². The van der Waals surface area contributed by atoms with Gasteiger partial charge in [0.25, 0.3) is 0 Å². The second-order valence-electron chi connectivity index (χ2n) is 2.58. The molecule has 2 heterocycles. The maximum absolute atomic E-state index is 5.23.